The summed E-state index contributed by atoms with van der Waals surface area (Å²) in [6.07, 6.45) is 7.52. The van der Waals surface area contributed by atoms with Crippen LogP contribution in [0.5, 0.6) is 5.75 Å². The molecule has 0 fully saturated rings. The van der Waals surface area contributed by atoms with E-state index in [0.29, 0.717) is 11.6 Å². The maximum atomic E-state index is 6.01. The maximum Gasteiger partial charge on any atom is 0.138 e. The van der Waals surface area contributed by atoms with Crippen LogP contribution in [0.3, 0.4) is 0 Å². The number of rotatable bonds is 8. The third-order valence-corrected chi connectivity index (χ3v) is 3.58. The Hall–Kier alpha value is -1.84. The molecule has 0 aliphatic rings. The highest BCUT2D eigenvalue weighted by Gasteiger charge is 2.08. The molecule has 0 amide bonds. The third kappa shape index (κ3) is 4.31. The van der Waals surface area contributed by atoms with Crippen LogP contribution in [-0.2, 0) is 0 Å². The molecule has 0 saturated heterocycles. The highest BCUT2D eigenvalue weighted by molar-refractivity contribution is 5.93. The predicted octanol–water partition coefficient (Wildman–Crippen LogP) is 4.26. The van der Waals surface area contributed by atoms with Crippen molar-refractivity contribution in [3.63, 3.8) is 0 Å². The van der Waals surface area contributed by atoms with E-state index in [4.69, 9.17) is 10.5 Å². The van der Waals surface area contributed by atoms with Crippen molar-refractivity contribution < 1.29 is 4.74 Å². The van der Waals surface area contributed by atoms with Crippen molar-refractivity contribution in [2.45, 2.75) is 52.4 Å². The van der Waals surface area contributed by atoms with Gasteiger partial charge in [-0.25, -0.2) is 9.97 Å². The Bertz CT molecular complexity index is 584. The van der Waals surface area contributed by atoms with E-state index in [-0.39, 0.29) is 0 Å². The normalized spacial score (nSPS) is 11.0. The molecule has 2 aromatic rings. The molecule has 4 nitrogen and oxygen atoms in total. The fourth-order valence-corrected chi connectivity index (χ4v) is 2.48. The van der Waals surface area contributed by atoms with E-state index >= 15 is 0 Å². The first kappa shape index (κ1) is 15.5. The van der Waals surface area contributed by atoms with Crippen molar-refractivity contribution in [2.75, 3.05) is 12.3 Å². The first-order valence-corrected chi connectivity index (χ1v) is 7.88. The van der Waals surface area contributed by atoms with Gasteiger partial charge in [0.05, 0.1) is 17.5 Å². The molecular formula is C17H25N3O. The van der Waals surface area contributed by atoms with Crippen LogP contribution in [-0.4, -0.2) is 16.6 Å². The second-order valence-corrected chi connectivity index (χ2v) is 5.42. The second-order valence-electron chi connectivity index (χ2n) is 5.42. The smallest absolute Gasteiger partial charge is 0.138 e. The van der Waals surface area contributed by atoms with Gasteiger partial charge in [0.1, 0.15) is 17.4 Å². The minimum absolute atomic E-state index is 0.496. The number of hydrogen-bond donors (Lipinski definition) is 1. The van der Waals surface area contributed by atoms with Crippen molar-refractivity contribution in [1.82, 2.24) is 9.97 Å². The van der Waals surface area contributed by atoms with Gasteiger partial charge in [-0.05, 0) is 25.5 Å². The van der Waals surface area contributed by atoms with E-state index in [0.717, 1.165) is 29.7 Å². The van der Waals surface area contributed by atoms with Crippen LogP contribution in [0.2, 0.25) is 0 Å². The van der Waals surface area contributed by atoms with Crippen LogP contribution in [0.25, 0.3) is 10.9 Å². The zero-order chi connectivity index (χ0) is 15.1. The van der Waals surface area contributed by atoms with E-state index in [2.05, 4.69) is 16.9 Å². The molecule has 0 atom stereocenters. The van der Waals surface area contributed by atoms with Gasteiger partial charge in [-0.2, -0.15) is 0 Å². The molecular weight excluding hydrogens is 262 g/mol. The molecule has 21 heavy (non-hydrogen) atoms. The van der Waals surface area contributed by atoms with Crippen molar-refractivity contribution in [1.29, 1.82) is 0 Å². The second kappa shape index (κ2) is 7.81. The highest BCUT2D eigenvalue weighted by Crippen LogP contribution is 2.28. The Morgan fingerprint density at radius 1 is 1.05 bits per heavy atom. The topological polar surface area (TPSA) is 61.0 Å². The summed E-state index contributed by atoms with van der Waals surface area (Å²) in [6.45, 7) is 4.80. The van der Waals surface area contributed by atoms with Gasteiger partial charge < -0.3 is 10.5 Å². The number of nitrogens with zero attached hydrogens (tertiary/aromatic N) is 2. The Morgan fingerprint density at radius 2 is 1.81 bits per heavy atom. The lowest BCUT2D eigenvalue weighted by atomic mass is 10.1. The van der Waals surface area contributed by atoms with Crippen LogP contribution in [0.1, 0.15) is 51.3 Å². The van der Waals surface area contributed by atoms with E-state index in [1.165, 1.54) is 32.1 Å². The zero-order valence-electron chi connectivity index (χ0n) is 13.1. The number of aromatic nitrogens is 2. The highest BCUT2D eigenvalue weighted by atomic mass is 16.5. The van der Waals surface area contributed by atoms with E-state index < -0.39 is 0 Å². The average Bonchev–Trinajstić information content (AvgIpc) is 2.45. The number of hydrogen-bond acceptors (Lipinski definition) is 4. The molecule has 114 valence electrons. The summed E-state index contributed by atoms with van der Waals surface area (Å²) < 4.78 is 5.89. The predicted molar refractivity (Wildman–Crippen MR) is 87.6 cm³/mol. The summed E-state index contributed by atoms with van der Waals surface area (Å²) in [6, 6.07) is 5.83. The van der Waals surface area contributed by atoms with Gasteiger partial charge in [-0.15, -0.1) is 0 Å². The molecule has 0 aliphatic heterocycles. The van der Waals surface area contributed by atoms with Crippen LogP contribution in [0.15, 0.2) is 18.2 Å². The summed E-state index contributed by atoms with van der Waals surface area (Å²) in [7, 11) is 0. The van der Waals surface area contributed by atoms with E-state index in [9.17, 15) is 0 Å². The monoisotopic (exact) mass is 287 g/mol. The zero-order valence-corrected chi connectivity index (χ0v) is 13.1. The van der Waals surface area contributed by atoms with Gasteiger partial charge in [0.25, 0.3) is 0 Å². The molecule has 0 radical (unpaired) electrons. The molecule has 1 aromatic heterocycles. The standard InChI is InChI=1S/C17H25N3O/c1-3-4-5-6-7-8-12-21-15-11-9-10-14-16(15)17(18)20-13(2)19-14/h9-11H,3-8,12H2,1-2H3,(H2,18,19,20). The number of benzene rings is 1. The number of fused-ring (bicyclic) bond motifs is 1. The van der Waals surface area contributed by atoms with E-state index in [1.54, 1.807) is 0 Å². The molecule has 0 aliphatic carbocycles. The fourth-order valence-electron chi connectivity index (χ4n) is 2.48. The Balaban J connectivity index is 1.93. The van der Waals surface area contributed by atoms with Gasteiger partial charge in [-0.3, -0.25) is 0 Å². The first-order valence-electron chi connectivity index (χ1n) is 7.88. The van der Waals surface area contributed by atoms with Gasteiger partial charge in [0.2, 0.25) is 0 Å². The quantitative estimate of drug-likeness (QED) is 0.737. The summed E-state index contributed by atoms with van der Waals surface area (Å²) in [5.74, 6) is 1.97. The molecule has 2 rings (SSSR count). The fraction of sp³-hybridized carbons (Fsp3) is 0.529. The molecule has 0 spiro atoms. The van der Waals surface area contributed by atoms with Crippen LogP contribution in [0.4, 0.5) is 5.82 Å². The number of unbranched alkanes of at least 4 members (excludes halogenated alkanes) is 5. The molecule has 4 heteroatoms. The Morgan fingerprint density at radius 3 is 2.62 bits per heavy atom. The van der Waals surface area contributed by atoms with Crippen molar-refractivity contribution in [3.05, 3.63) is 24.0 Å². The number of nitrogens with two attached hydrogens (primary N) is 1. The molecule has 0 saturated carbocycles. The lowest BCUT2D eigenvalue weighted by Crippen LogP contribution is -2.02. The van der Waals surface area contributed by atoms with Gasteiger partial charge in [-0.1, -0.05) is 45.1 Å². The molecule has 0 bridgehead atoms. The molecule has 1 heterocycles. The van der Waals surface area contributed by atoms with Crippen molar-refractivity contribution in [3.8, 4) is 5.75 Å². The SMILES string of the molecule is CCCCCCCCOc1cccc2nc(C)nc(N)c12. The van der Waals surface area contributed by atoms with Crippen LogP contribution >= 0.6 is 0 Å². The Labute approximate surface area is 126 Å². The number of ether oxygens (including phenoxy) is 1. The van der Waals surface area contributed by atoms with E-state index in [1.807, 2.05) is 25.1 Å². The summed E-state index contributed by atoms with van der Waals surface area (Å²) in [5.41, 5.74) is 6.86. The van der Waals surface area contributed by atoms with Crippen molar-refractivity contribution in [2.24, 2.45) is 0 Å². The third-order valence-electron chi connectivity index (χ3n) is 3.58. The van der Waals surface area contributed by atoms with Crippen LogP contribution < -0.4 is 10.5 Å². The summed E-state index contributed by atoms with van der Waals surface area (Å²) >= 11 is 0. The minimum Gasteiger partial charge on any atom is -0.493 e. The van der Waals surface area contributed by atoms with Gasteiger partial charge >= 0.3 is 0 Å². The average molecular weight is 287 g/mol. The van der Waals surface area contributed by atoms with Gasteiger partial charge in [0, 0.05) is 0 Å². The maximum absolute atomic E-state index is 6.01. The summed E-state index contributed by atoms with van der Waals surface area (Å²) in [4.78, 5) is 8.63. The van der Waals surface area contributed by atoms with Gasteiger partial charge in [0.15, 0.2) is 0 Å². The van der Waals surface area contributed by atoms with Crippen LogP contribution in [0, 0.1) is 6.92 Å². The lowest BCUT2D eigenvalue weighted by molar-refractivity contribution is 0.308. The minimum atomic E-state index is 0.496. The molecule has 0 unspecified atom stereocenters. The first-order chi connectivity index (χ1) is 10.2. The molecule has 2 N–H and O–H groups in total. The molecule has 1 aromatic carbocycles. The summed E-state index contributed by atoms with van der Waals surface area (Å²) in [5, 5.41) is 0.828. The lowest BCUT2D eigenvalue weighted by Gasteiger charge is -2.10. The number of nitrogen functional groups attached to an aromatic ring is 1. The van der Waals surface area contributed by atoms with Crippen molar-refractivity contribution >= 4 is 16.7 Å². The number of anilines is 1. The largest absolute Gasteiger partial charge is 0.493 e. The number of aryl methyl sites for hydroxylation is 1. The Kier molecular flexibility index (Phi) is 5.78.